The molecule has 0 fully saturated rings. The number of anilines is 1. The number of hydrogen-bond acceptors (Lipinski definition) is 2. The maximum absolute atomic E-state index is 5.92. The molecule has 1 aromatic heterocycles. The van der Waals surface area contributed by atoms with Gasteiger partial charge < -0.3 is 5.73 Å². The maximum atomic E-state index is 5.92. The first kappa shape index (κ1) is 11.1. The fourth-order valence-corrected chi connectivity index (χ4v) is 1.30. The van der Waals surface area contributed by atoms with Crippen molar-refractivity contribution in [2.24, 2.45) is 0 Å². The molecular formula is C11H21N3. The van der Waals surface area contributed by atoms with Crippen LogP contribution in [0.4, 0.5) is 5.82 Å². The van der Waals surface area contributed by atoms with Crippen molar-refractivity contribution in [1.29, 1.82) is 0 Å². The highest BCUT2D eigenvalue weighted by Crippen LogP contribution is 2.26. The van der Waals surface area contributed by atoms with E-state index in [-0.39, 0.29) is 11.0 Å². The topological polar surface area (TPSA) is 43.8 Å². The molecule has 0 saturated carbocycles. The smallest absolute Gasteiger partial charge is 0.122 e. The highest BCUT2D eigenvalue weighted by molar-refractivity contribution is 5.34. The van der Waals surface area contributed by atoms with E-state index in [4.69, 9.17) is 5.73 Å². The summed E-state index contributed by atoms with van der Waals surface area (Å²) in [5.74, 6) is 0.738. The van der Waals surface area contributed by atoms with E-state index < -0.39 is 0 Å². The van der Waals surface area contributed by atoms with Crippen molar-refractivity contribution in [3.8, 4) is 0 Å². The van der Waals surface area contributed by atoms with Crippen molar-refractivity contribution in [2.75, 3.05) is 5.73 Å². The standard InChI is InChI=1S/C11H21N3/c1-10(2,3)8-7-9(12)14(13-8)11(4,5)6/h7H,12H2,1-6H3. The van der Waals surface area contributed by atoms with Gasteiger partial charge in [-0.3, -0.25) is 0 Å². The fraction of sp³-hybridized carbons (Fsp3) is 0.727. The van der Waals surface area contributed by atoms with Crippen LogP contribution in [0.5, 0.6) is 0 Å². The van der Waals surface area contributed by atoms with E-state index in [1.54, 1.807) is 0 Å². The van der Waals surface area contributed by atoms with Gasteiger partial charge in [0, 0.05) is 11.5 Å². The Labute approximate surface area is 86.3 Å². The van der Waals surface area contributed by atoms with Crippen LogP contribution in [0.15, 0.2) is 6.07 Å². The molecule has 1 heterocycles. The average molecular weight is 195 g/mol. The highest BCUT2D eigenvalue weighted by Gasteiger charge is 2.23. The maximum Gasteiger partial charge on any atom is 0.122 e. The molecule has 80 valence electrons. The van der Waals surface area contributed by atoms with Crippen molar-refractivity contribution >= 4 is 5.82 Å². The minimum Gasteiger partial charge on any atom is -0.384 e. The summed E-state index contributed by atoms with van der Waals surface area (Å²) in [6.45, 7) is 12.7. The minimum absolute atomic E-state index is 0.0480. The van der Waals surface area contributed by atoms with Crippen molar-refractivity contribution in [3.63, 3.8) is 0 Å². The van der Waals surface area contributed by atoms with Crippen LogP contribution in [-0.4, -0.2) is 9.78 Å². The molecule has 0 atom stereocenters. The molecule has 3 nitrogen and oxygen atoms in total. The zero-order chi connectivity index (χ0) is 11.1. The summed E-state index contributed by atoms with van der Waals surface area (Å²) in [7, 11) is 0. The number of nitrogen functional groups attached to an aromatic ring is 1. The normalized spacial score (nSPS) is 13.3. The van der Waals surface area contributed by atoms with E-state index in [0.717, 1.165) is 11.5 Å². The Morgan fingerprint density at radius 3 is 1.86 bits per heavy atom. The highest BCUT2D eigenvalue weighted by atomic mass is 15.3. The van der Waals surface area contributed by atoms with Gasteiger partial charge in [0.25, 0.3) is 0 Å². The molecule has 3 heteroatoms. The Hall–Kier alpha value is -0.990. The molecule has 0 spiro atoms. The van der Waals surface area contributed by atoms with Crippen LogP contribution in [0.3, 0.4) is 0 Å². The van der Waals surface area contributed by atoms with Crippen LogP contribution in [0.1, 0.15) is 47.2 Å². The fourth-order valence-electron chi connectivity index (χ4n) is 1.30. The van der Waals surface area contributed by atoms with Crippen molar-refractivity contribution in [1.82, 2.24) is 9.78 Å². The van der Waals surface area contributed by atoms with Crippen molar-refractivity contribution < 1.29 is 0 Å². The van der Waals surface area contributed by atoms with E-state index >= 15 is 0 Å². The third-order valence-corrected chi connectivity index (χ3v) is 2.14. The van der Waals surface area contributed by atoms with Crippen LogP contribution < -0.4 is 5.73 Å². The molecular weight excluding hydrogens is 174 g/mol. The Morgan fingerprint density at radius 1 is 1.14 bits per heavy atom. The second-order valence-electron chi connectivity index (χ2n) is 5.79. The summed E-state index contributed by atoms with van der Waals surface area (Å²) in [5, 5.41) is 4.54. The summed E-state index contributed by atoms with van der Waals surface area (Å²) in [4.78, 5) is 0. The van der Waals surface area contributed by atoms with Crippen LogP contribution in [0.25, 0.3) is 0 Å². The van der Waals surface area contributed by atoms with E-state index in [0.29, 0.717) is 0 Å². The molecule has 0 amide bonds. The number of nitrogens with zero attached hydrogens (tertiary/aromatic N) is 2. The molecule has 0 radical (unpaired) electrons. The molecule has 0 aromatic carbocycles. The van der Waals surface area contributed by atoms with Gasteiger partial charge in [-0.05, 0) is 20.8 Å². The summed E-state index contributed by atoms with van der Waals surface area (Å²) in [6, 6.07) is 1.96. The molecule has 1 rings (SSSR count). The minimum atomic E-state index is -0.0480. The van der Waals surface area contributed by atoms with E-state index in [2.05, 4.69) is 46.6 Å². The van der Waals surface area contributed by atoms with Crippen LogP contribution in [0.2, 0.25) is 0 Å². The predicted octanol–water partition coefficient (Wildman–Crippen LogP) is 2.52. The predicted molar refractivity (Wildman–Crippen MR) is 60.3 cm³/mol. The Bertz CT molecular complexity index is 323. The lowest BCUT2D eigenvalue weighted by atomic mass is 9.92. The first-order valence-corrected chi connectivity index (χ1v) is 4.99. The van der Waals surface area contributed by atoms with Gasteiger partial charge in [-0.15, -0.1) is 0 Å². The second kappa shape index (κ2) is 3.01. The van der Waals surface area contributed by atoms with Crippen LogP contribution in [-0.2, 0) is 11.0 Å². The first-order valence-electron chi connectivity index (χ1n) is 4.99. The lowest BCUT2D eigenvalue weighted by Crippen LogP contribution is -2.25. The van der Waals surface area contributed by atoms with Gasteiger partial charge in [0.05, 0.1) is 11.2 Å². The van der Waals surface area contributed by atoms with Gasteiger partial charge in [0.2, 0.25) is 0 Å². The lowest BCUT2D eigenvalue weighted by molar-refractivity contribution is 0.354. The summed E-state index contributed by atoms with van der Waals surface area (Å²) in [6.07, 6.45) is 0. The largest absolute Gasteiger partial charge is 0.384 e. The Balaban J connectivity index is 3.19. The molecule has 0 aliphatic heterocycles. The van der Waals surface area contributed by atoms with Gasteiger partial charge in [-0.2, -0.15) is 5.10 Å². The number of nitrogens with two attached hydrogens (primary N) is 1. The molecule has 0 bridgehead atoms. The zero-order valence-corrected chi connectivity index (χ0v) is 10.0. The quantitative estimate of drug-likeness (QED) is 0.691. The molecule has 14 heavy (non-hydrogen) atoms. The molecule has 0 aliphatic rings. The Morgan fingerprint density at radius 2 is 1.64 bits per heavy atom. The summed E-state index contributed by atoms with van der Waals surface area (Å²) < 4.78 is 1.88. The van der Waals surface area contributed by atoms with Gasteiger partial charge in [0.1, 0.15) is 5.82 Å². The Kier molecular flexibility index (Phi) is 2.38. The molecule has 0 unspecified atom stereocenters. The first-order chi connectivity index (χ1) is 6.12. The third-order valence-electron chi connectivity index (χ3n) is 2.14. The van der Waals surface area contributed by atoms with Crippen LogP contribution in [0, 0.1) is 0 Å². The average Bonchev–Trinajstić information content (AvgIpc) is 2.27. The molecule has 0 saturated heterocycles. The van der Waals surface area contributed by atoms with Crippen molar-refractivity contribution in [2.45, 2.75) is 52.5 Å². The van der Waals surface area contributed by atoms with E-state index in [1.165, 1.54) is 0 Å². The summed E-state index contributed by atoms with van der Waals surface area (Å²) in [5.41, 5.74) is 6.98. The molecule has 0 aliphatic carbocycles. The molecule has 1 aromatic rings. The zero-order valence-electron chi connectivity index (χ0n) is 10.0. The van der Waals surface area contributed by atoms with Gasteiger partial charge in [0.15, 0.2) is 0 Å². The molecule has 2 N–H and O–H groups in total. The summed E-state index contributed by atoms with van der Waals surface area (Å²) >= 11 is 0. The van der Waals surface area contributed by atoms with E-state index in [9.17, 15) is 0 Å². The number of hydrogen-bond donors (Lipinski definition) is 1. The van der Waals surface area contributed by atoms with E-state index in [1.807, 2.05) is 10.7 Å². The van der Waals surface area contributed by atoms with Gasteiger partial charge in [-0.1, -0.05) is 20.8 Å². The second-order valence-corrected chi connectivity index (χ2v) is 5.79. The number of rotatable bonds is 0. The SMILES string of the molecule is CC(C)(C)c1cc(N)n(C(C)(C)C)n1. The monoisotopic (exact) mass is 195 g/mol. The number of aromatic nitrogens is 2. The van der Waals surface area contributed by atoms with Crippen molar-refractivity contribution in [3.05, 3.63) is 11.8 Å². The lowest BCUT2D eigenvalue weighted by Gasteiger charge is -2.21. The third kappa shape index (κ3) is 2.08. The van der Waals surface area contributed by atoms with Gasteiger partial charge >= 0.3 is 0 Å². The van der Waals surface area contributed by atoms with Gasteiger partial charge in [-0.25, -0.2) is 4.68 Å². The van der Waals surface area contributed by atoms with Crippen LogP contribution >= 0.6 is 0 Å².